The highest BCUT2D eigenvalue weighted by Crippen LogP contribution is 2.35. The van der Waals surface area contributed by atoms with Gasteiger partial charge in [-0.1, -0.05) is 28.1 Å². The van der Waals surface area contributed by atoms with Gasteiger partial charge in [-0.15, -0.1) is 0 Å². The zero-order valence-corrected chi connectivity index (χ0v) is 13.6. The van der Waals surface area contributed by atoms with Gasteiger partial charge < -0.3 is 10.5 Å². The largest absolute Gasteiger partial charge is 0.493 e. The minimum Gasteiger partial charge on any atom is -0.493 e. The summed E-state index contributed by atoms with van der Waals surface area (Å²) in [6.07, 6.45) is 0.801. The van der Waals surface area contributed by atoms with Crippen molar-refractivity contribution in [2.24, 2.45) is 0 Å². The predicted molar refractivity (Wildman–Crippen MR) is 85.1 cm³/mol. The summed E-state index contributed by atoms with van der Waals surface area (Å²) in [7, 11) is -3.51. The lowest BCUT2D eigenvalue weighted by Crippen LogP contribution is -2.08. The molecule has 0 aromatic heterocycles. The molecule has 1 aliphatic rings. The Morgan fingerprint density at radius 3 is 2.76 bits per heavy atom. The van der Waals surface area contributed by atoms with E-state index in [1.165, 1.54) is 6.07 Å². The summed E-state index contributed by atoms with van der Waals surface area (Å²) in [6, 6.07) is 10.3. The minimum atomic E-state index is -3.51. The van der Waals surface area contributed by atoms with E-state index in [-0.39, 0.29) is 16.3 Å². The second kappa shape index (κ2) is 5.35. The summed E-state index contributed by atoms with van der Waals surface area (Å²) >= 11 is 3.42. The molecule has 0 spiro atoms. The molecule has 1 aliphatic heterocycles. The molecule has 110 valence electrons. The van der Waals surface area contributed by atoms with Gasteiger partial charge in [-0.3, -0.25) is 0 Å². The molecule has 0 unspecified atom stereocenters. The summed E-state index contributed by atoms with van der Waals surface area (Å²) in [5.74, 6) is 0.569. The van der Waals surface area contributed by atoms with Gasteiger partial charge in [0, 0.05) is 16.5 Å². The first-order valence-electron chi connectivity index (χ1n) is 6.49. The maximum absolute atomic E-state index is 12.6. The van der Waals surface area contributed by atoms with E-state index in [9.17, 15) is 8.42 Å². The smallest absolute Gasteiger partial charge is 0.184 e. The molecule has 2 aromatic carbocycles. The molecule has 2 N–H and O–H groups in total. The number of nitrogen functional groups attached to an aromatic ring is 1. The molecule has 0 amide bonds. The summed E-state index contributed by atoms with van der Waals surface area (Å²) in [5, 5.41) is 0. The fraction of sp³-hybridized carbons (Fsp3) is 0.200. The van der Waals surface area contributed by atoms with Gasteiger partial charge >= 0.3 is 0 Å². The van der Waals surface area contributed by atoms with Crippen LogP contribution in [0.25, 0.3) is 0 Å². The maximum Gasteiger partial charge on any atom is 0.184 e. The first kappa shape index (κ1) is 14.4. The van der Waals surface area contributed by atoms with Crippen LogP contribution in [-0.2, 0) is 22.0 Å². The second-order valence-electron chi connectivity index (χ2n) is 4.95. The number of benzene rings is 2. The van der Waals surface area contributed by atoms with Crippen molar-refractivity contribution in [3.63, 3.8) is 0 Å². The predicted octanol–water partition coefficient (Wildman–Crippen LogP) is 2.94. The Bertz CT molecular complexity index is 803. The van der Waals surface area contributed by atoms with Crippen LogP contribution in [0.4, 0.5) is 5.69 Å². The Balaban J connectivity index is 2.03. The summed E-state index contributed by atoms with van der Waals surface area (Å²) in [4.78, 5) is 0.164. The highest BCUT2D eigenvalue weighted by Gasteiger charge is 2.24. The molecular weight excluding hydrogens is 354 g/mol. The van der Waals surface area contributed by atoms with Crippen LogP contribution in [0.5, 0.6) is 5.75 Å². The van der Waals surface area contributed by atoms with Gasteiger partial charge in [0.1, 0.15) is 5.75 Å². The molecule has 0 saturated carbocycles. The van der Waals surface area contributed by atoms with E-state index in [1.54, 1.807) is 24.3 Å². The SMILES string of the molecule is Nc1ccccc1S(=O)(=O)Cc1cc(Br)cc2c1OCC2. The van der Waals surface area contributed by atoms with E-state index in [1.807, 2.05) is 6.07 Å². The third-order valence-electron chi connectivity index (χ3n) is 3.42. The molecule has 3 rings (SSSR count). The quantitative estimate of drug-likeness (QED) is 0.846. The maximum atomic E-state index is 12.6. The average molecular weight is 368 g/mol. The van der Waals surface area contributed by atoms with Gasteiger partial charge in [0.05, 0.1) is 22.9 Å². The van der Waals surface area contributed by atoms with Crippen molar-refractivity contribution in [3.05, 3.63) is 52.0 Å². The van der Waals surface area contributed by atoms with Crippen LogP contribution in [0.2, 0.25) is 0 Å². The lowest BCUT2D eigenvalue weighted by atomic mass is 10.1. The molecule has 0 saturated heterocycles. The van der Waals surface area contributed by atoms with Gasteiger partial charge in [0.2, 0.25) is 0 Å². The van der Waals surface area contributed by atoms with Crippen molar-refractivity contribution in [2.75, 3.05) is 12.3 Å². The average Bonchev–Trinajstić information content (AvgIpc) is 2.86. The number of hydrogen-bond donors (Lipinski definition) is 1. The Labute approximate surface area is 132 Å². The lowest BCUT2D eigenvalue weighted by Gasteiger charge is -2.11. The number of halogens is 1. The first-order valence-corrected chi connectivity index (χ1v) is 8.93. The third kappa shape index (κ3) is 2.78. The molecule has 0 fully saturated rings. The highest BCUT2D eigenvalue weighted by molar-refractivity contribution is 9.10. The van der Waals surface area contributed by atoms with E-state index in [0.29, 0.717) is 17.9 Å². The van der Waals surface area contributed by atoms with Crippen LogP contribution in [0, 0.1) is 0 Å². The number of para-hydroxylation sites is 1. The molecule has 0 radical (unpaired) electrons. The molecule has 4 nitrogen and oxygen atoms in total. The van der Waals surface area contributed by atoms with Crippen molar-refractivity contribution >= 4 is 31.5 Å². The molecule has 0 bridgehead atoms. The molecule has 21 heavy (non-hydrogen) atoms. The Hall–Kier alpha value is -1.53. The number of rotatable bonds is 3. The molecule has 1 heterocycles. The van der Waals surface area contributed by atoms with E-state index >= 15 is 0 Å². The summed E-state index contributed by atoms with van der Waals surface area (Å²) in [6.45, 7) is 0.590. The Morgan fingerprint density at radius 1 is 1.24 bits per heavy atom. The van der Waals surface area contributed by atoms with Gasteiger partial charge in [0.25, 0.3) is 0 Å². The number of hydrogen-bond acceptors (Lipinski definition) is 4. The van der Waals surface area contributed by atoms with Crippen molar-refractivity contribution < 1.29 is 13.2 Å². The van der Waals surface area contributed by atoms with Crippen molar-refractivity contribution in [2.45, 2.75) is 17.1 Å². The first-order chi connectivity index (χ1) is 9.97. The van der Waals surface area contributed by atoms with Crippen LogP contribution in [0.15, 0.2) is 45.8 Å². The summed E-state index contributed by atoms with van der Waals surface area (Å²) in [5.41, 5.74) is 7.76. The van der Waals surface area contributed by atoms with Gasteiger partial charge in [-0.2, -0.15) is 0 Å². The van der Waals surface area contributed by atoms with Crippen molar-refractivity contribution in [1.82, 2.24) is 0 Å². The van der Waals surface area contributed by atoms with Crippen molar-refractivity contribution in [3.8, 4) is 5.75 Å². The molecule has 0 aliphatic carbocycles. The zero-order chi connectivity index (χ0) is 15.0. The fourth-order valence-corrected chi connectivity index (χ4v) is 4.54. The van der Waals surface area contributed by atoms with Crippen LogP contribution in [0.1, 0.15) is 11.1 Å². The second-order valence-corrected chi connectivity index (χ2v) is 7.82. The molecule has 6 heteroatoms. The van der Waals surface area contributed by atoms with Crippen LogP contribution in [-0.4, -0.2) is 15.0 Å². The van der Waals surface area contributed by atoms with Crippen molar-refractivity contribution in [1.29, 1.82) is 0 Å². The number of anilines is 1. The number of fused-ring (bicyclic) bond motifs is 1. The number of sulfone groups is 1. The van der Waals surface area contributed by atoms with E-state index in [4.69, 9.17) is 10.5 Å². The standard InChI is InChI=1S/C15H14BrNO3S/c16-12-7-10-5-6-20-15(10)11(8-12)9-21(18,19)14-4-2-1-3-13(14)17/h1-4,7-8H,5-6,9,17H2. The third-order valence-corrected chi connectivity index (χ3v) is 5.62. The lowest BCUT2D eigenvalue weighted by molar-refractivity contribution is 0.354. The van der Waals surface area contributed by atoms with Gasteiger partial charge in [-0.05, 0) is 29.8 Å². The van der Waals surface area contributed by atoms with E-state index < -0.39 is 9.84 Å². The van der Waals surface area contributed by atoms with Crippen LogP contribution >= 0.6 is 15.9 Å². The fourth-order valence-electron chi connectivity index (χ4n) is 2.50. The monoisotopic (exact) mass is 367 g/mol. The Morgan fingerprint density at radius 2 is 2.00 bits per heavy atom. The van der Waals surface area contributed by atoms with Gasteiger partial charge in [-0.25, -0.2) is 8.42 Å². The number of nitrogens with two attached hydrogens (primary N) is 1. The zero-order valence-electron chi connectivity index (χ0n) is 11.2. The van der Waals surface area contributed by atoms with Crippen LogP contribution in [0.3, 0.4) is 0 Å². The van der Waals surface area contributed by atoms with Gasteiger partial charge in [0.15, 0.2) is 9.84 Å². The topological polar surface area (TPSA) is 69.4 Å². The minimum absolute atomic E-state index is 0.122. The van der Waals surface area contributed by atoms with E-state index in [0.717, 1.165) is 16.5 Å². The molecule has 0 atom stereocenters. The highest BCUT2D eigenvalue weighted by atomic mass is 79.9. The number of ether oxygens (including phenoxy) is 1. The van der Waals surface area contributed by atoms with E-state index in [2.05, 4.69) is 15.9 Å². The van der Waals surface area contributed by atoms with Crippen LogP contribution < -0.4 is 10.5 Å². The normalized spacial score (nSPS) is 13.8. The Kier molecular flexibility index (Phi) is 3.67. The summed E-state index contributed by atoms with van der Waals surface area (Å²) < 4.78 is 31.6. The molecule has 2 aromatic rings. The molecular formula is C15H14BrNO3S.